The fourth-order valence-corrected chi connectivity index (χ4v) is 4.21. The number of hydrogen-bond donors (Lipinski definition) is 1. The van der Waals surface area contributed by atoms with Crippen molar-refractivity contribution in [3.8, 4) is 0 Å². The number of carboxylic acids is 1. The molecule has 1 heterocycles. The standard InChI is InChI=1S/C9H14N2O4S2/c1-5-9(16-7(3)10-5)17(14,15)11(4)6(2)8(12)13/h6H,1-4H3,(H,12,13). The Bertz CT molecular complexity index is 535. The number of sulfonamides is 1. The molecule has 0 bridgehead atoms. The van der Waals surface area contributed by atoms with E-state index in [1.54, 1.807) is 13.8 Å². The number of likely N-dealkylation sites (N-methyl/N-ethyl adjacent to an activating group) is 1. The minimum atomic E-state index is -3.78. The van der Waals surface area contributed by atoms with Gasteiger partial charge in [0.1, 0.15) is 6.04 Å². The zero-order valence-corrected chi connectivity index (χ0v) is 11.6. The molecule has 0 aromatic carbocycles. The third-order valence-electron chi connectivity index (χ3n) is 2.38. The van der Waals surface area contributed by atoms with Crippen molar-refractivity contribution in [3.63, 3.8) is 0 Å². The molecule has 0 aliphatic carbocycles. The van der Waals surface area contributed by atoms with Crippen molar-refractivity contribution in [2.24, 2.45) is 0 Å². The molecule has 1 rings (SSSR count). The van der Waals surface area contributed by atoms with E-state index in [0.29, 0.717) is 10.7 Å². The van der Waals surface area contributed by atoms with Gasteiger partial charge in [0.2, 0.25) is 0 Å². The molecule has 17 heavy (non-hydrogen) atoms. The van der Waals surface area contributed by atoms with Gasteiger partial charge in [-0.1, -0.05) is 0 Å². The summed E-state index contributed by atoms with van der Waals surface area (Å²) in [4.78, 5) is 14.8. The van der Waals surface area contributed by atoms with Gasteiger partial charge in [-0.3, -0.25) is 4.79 Å². The van der Waals surface area contributed by atoms with Crippen LogP contribution < -0.4 is 0 Å². The first-order valence-electron chi connectivity index (χ1n) is 4.82. The molecule has 1 N–H and O–H groups in total. The van der Waals surface area contributed by atoms with Crippen molar-refractivity contribution in [2.45, 2.75) is 31.0 Å². The molecule has 0 radical (unpaired) electrons. The molecule has 0 amide bonds. The van der Waals surface area contributed by atoms with Crippen LogP contribution in [0, 0.1) is 13.8 Å². The van der Waals surface area contributed by atoms with Gasteiger partial charge < -0.3 is 5.11 Å². The lowest BCUT2D eigenvalue weighted by Crippen LogP contribution is -2.40. The minimum absolute atomic E-state index is 0.102. The third-order valence-corrected chi connectivity index (χ3v) is 5.97. The summed E-state index contributed by atoms with van der Waals surface area (Å²) < 4.78 is 25.2. The van der Waals surface area contributed by atoms with Gasteiger partial charge in [-0.05, 0) is 20.8 Å². The maximum Gasteiger partial charge on any atom is 0.321 e. The monoisotopic (exact) mass is 278 g/mol. The third kappa shape index (κ3) is 2.64. The Morgan fingerprint density at radius 3 is 2.35 bits per heavy atom. The van der Waals surface area contributed by atoms with Crippen LogP contribution in [0.2, 0.25) is 0 Å². The number of thiazole rings is 1. The predicted molar refractivity (Wildman–Crippen MR) is 63.6 cm³/mol. The first-order valence-corrected chi connectivity index (χ1v) is 7.08. The number of nitrogens with zero attached hydrogens (tertiary/aromatic N) is 2. The molecule has 0 saturated heterocycles. The average molecular weight is 278 g/mol. The van der Waals surface area contributed by atoms with Crippen LogP contribution in [0.1, 0.15) is 17.6 Å². The summed E-state index contributed by atoms with van der Waals surface area (Å²) in [5, 5.41) is 9.46. The first-order chi connectivity index (χ1) is 7.67. The van der Waals surface area contributed by atoms with Crippen molar-refractivity contribution in [1.82, 2.24) is 9.29 Å². The molecule has 1 unspecified atom stereocenters. The molecule has 1 aromatic heterocycles. The van der Waals surface area contributed by atoms with Gasteiger partial charge in [0.05, 0.1) is 10.7 Å². The lowest BCUT2D eigenvalue weighted by atomic mass is 10.4. The van der Waals surface area contributed by atoms with Crippen molar-refractivity contribution in [1.29, 1.82) is 0 Å². The van der Waals surface area contributed by atoms with E-state index in [0.717, 1.165) is 15.6 Å². The highest BCUT2D eigenvalue weighted by molar-refractivity contribution is 7.91. The number of hydrogen-bond acceptors (Lipinski definition) is 5. The van der Waals surface area contributed by atoms with E-state index >= 15 is 0 Å². The van der Waals surface area contributed by atoms with E-state index in [1.165, 1.54) is 14.0 Å². The van der Waals surface area contributed by atoms with Crippen molar-refractivity contribution < 1.29 is 18.3 Å². The maximum absolute atomic E-state index is 12.1. The van der Waals surface area contributed by atoms with Gasteiger partial charge in [0.15, 0.2) is 4.21 Å². The second kappa shape index (κ2) is 4.71. The number of rotatable bonds is 4. The van der Waals surface area contributed by atoms with Gasteiger partial charge in [-0.25, -0.2) is 13.4 Å². The molecular weight excluding hydrogens is 264 g/mol. The molecule has 1 aromatic rings. The molecule has 0 aliphatic rings. The summed E-state index contributed by atoms with van der Waals surface area (Å²) in [6, 6.07) is -1.11. The lowest BCUT2D eigenvalue weighted by Gasteiger charge is -2.20. The number of aliphatic carboxylic acids is 1. The molecule has 0 spiro atoms. The molecule has 1 atom stereocenters. The zero-order valence-electron chi connectivity index (χ0n) is 9.96. The summed E-state index contributed by atoms with van der Waals surface area (Å²) in [7, 11) is -2.53. The second-order valence-corrected chi connectivity index (χ2v) is 7.04. The second-order valence-electron chi connectivity index (χ2n) is 3.64. The number of aryl methyl sites for hydroxylation is 2. The van der Waals surface area contributed by atoms with Crippen LogP contribution in [0.15, 0.2) is 4.21 Å². The van der Waals surface area contributed by atoms with Crippen molar-refractivity contribution >= 4 is 27.3 Å². The Hall–Kier alpha value is -0.990. The number of carbonyl (C=O) groups is 1. The van der Waals surface area contributed by atoms with Crippen LogP contribution in [0.3, 0.4) is 0 Å². The van der Waals surface area contributed by atoms with Crippen LogP contribution in [0.25, 0.3) is 0 Å². The van der Waals surface area contributed by atoms with E-state index in [4.69, 9.17) is 5.11 Å². The summed E-state index contributed by atoms with van der Waals surface area (Å²) in [5.74, 6) is -1.19. The Kier molecular flexibility index (Phi) is 3.90. The van der Waals surface area contributed by atoms with Crippen LogP contribution in [0.4, 0.5) is 0 Å². The van der Waals surface area contributed by atoms with Crippen molar-refractivity contribution in [2.75, 3.05) is 7.05 Å². The Morgan fingerprint density at radius 2 is 2.00 bits per heavy atom. The lowest BCUT2D eigenvalue weighted by molar-refractivity contribution is -0.140. The Morgan fingerprint density at radius 1 is 1.47 bits per heavy atom. The summed E-state index contributed by atoms with van der Waals surface area (Å²) in [6.07, 6.45) is 0. The highest BCUT2D eigenvalue weighted by Gasteiger charge is 2.32. The van der Waals surface area contributed by atoms with Gasteiger partial charge >= 0.3 is 5.97 Å². The molecule has 0 saturated carbocycles. The molecule has 0 aliphatic heterocycles. The fourth-order valence-electron chi connectivity index (χ4n) is 1.25. The van der Waals surface area contributed by atoms with E-state index in [1.807, 2.05) is 0 Å². The van der Waals surface area contributed by atoms with E-state index < -0.39 is 22.0 Å². The van der Waals surface area contributed by atoms with Gasteiger partial charge in [0, 0.05) is 7.05 Å². The Balaban J connectivity index is 3.20. The number of aromatic nitrogens is 1. The molecule has 6 nitrogen and oxygen atoms in total. The quantitative estimate of drug-likeness (QED) is 0.882. The van der Waals surface area contributed by atoms with Crippen LogP contribution in [-0.2, 0) is 14.8 Å². The molecule has 0 fully saturated rings. The largest absolute Gasteiger partial charge is 0.480 e. The smallest absolute Gasteiger partial charge is 0.321 e. The van der Waals surface area contributed by atoms with Crippen LogP contribution >= 0.6 is 11.3 Å². The summed E-state index contributed by atoms with van der Waals surface area (Å²) in [5.41, 5.74) is 0.400. The van der Waals surface area contributed by atoms with Gasteiger partial charge in [-0.2, -0.15) is 4.31 Å². The maximum atomic E-state index is 12.1. The predicted octanol–water partition coefficient (Wildman–Crippen LogP) is 0.854. The van der Waals surface area contributed by atoms with Crippen LogP contribution in [0.5, 0.6) is 0 Å². The van der Waals surface area contributed by atoms with Gasteiger partial charge in [0.25, 0.3) is 10.0 Å². The molecule has 96 valence electrons. The molecular formula is C9H14N2O4S2. The minimum Gasteiger partial charge on any atom is -0.480 e. The van der Waals surface area contributed by atoms with E-state index in [-0.39, 0.29) is 4.21 Å². The zero-order chi connectivity index (χ0) is 13.4. The average Bonchev–Trinajstić information content (AvgIpc) is 2.56. The first kappa shape index (κ1) is 14.1. The molecule has 8 heteroatoms. The highest BCUT2D eigenvalue weighted by Crippen LogP contribution is 2.26. The van der Waals surface area contributed by atoms with E-state index in [9.17, 15) is 13.2 Å². The topological polar surface area (TPSA) is 87.6 Å². The van der Waals surface area contributed by atoms with E-state index in [2.05, 4.69) is 4.98 Å². The highest BCUT2D eigenvalue weighted by atomic mass is 32.2. The SMILES string of the molecule is Cc1nc(C)c(S(=O)(=O)N(C)C(C)C(=O)O)s1. The van der Waals surface area contributed by atoms with Crippen LogP contribution in [-0.4, -0.2) is 41.9 Å². The summed E-state index contributed by atoms with van der Waals surface area (Å²) in [6.45, 7) is 4.62. The fraction of sp³-hybridized carbons (Fsp3) is 0.556. The normalized spacial score (nSPS) is 13.9. The van der Waals surface area contributed by atoms with Crippen molar-refractivity contribution in [3.05, 3.63) is 10.7 Å². The number of carboxylic acid groups (broad SMARTS) is 1. The summed E-state index contributed by atoms with van der Waals surface area (Å²) >= 11 is 1.05. The van der Waals surface area contributed by atoms with Gasteiger partial charge in [-0.15, -0.1) is 11.3 Å². The Labute approximate surface area is 104 Å².